The maximum atomic E-state index is 17.5. The fourth-order valence-electron chi connectivity index (χ4n) is 9.49. The molecule has 1 amide bonds. The van der Waals surface area contributed by atoms with Gasteiger partial charge in [-0.05, 0) is 91.0 Å². The number of ether oxygens (including phenoxy) is 1. The summed E-state index contributed by atoms with van der Waals surface area (Å²) in [4.78, 5) is 27.1. The lowest BCUT2D eigenvalue weighted by Gasteiger charge is -2.46. The molecule has 5 aromatic rings. The highest BCUT2D eigenvalue weighted by atomic mass is 28.4. The average Bonchev–Trinajstić information content (AvgIpc) is 3.47. The summed E-state index contributed by atoms with van der Waals surface area (Å²) in [6.45, 7) is 11.3. The summed E-state index contributed by atoms with van der Waals surface area (Å²) in [6.07, 6.45) is -5.09. The lowest BCUT2D eigenvalue weighted by molar-refractivity contribution is -0.0703. The summed E-state index contributed by atoms with van der Waals surface area (Å²) < 4.78 is 96.9. The molecule has 15 heteroatoms. The molecule has 1 saturated heterocycles. The molecule has 0 radical (unpaired) electrons. The molecule has 7 rings (SSSR count). The third-order valence-corrected chi connectivity index (χ3v) is 16.9. The van der Waals surface area contributed by atoms with Crippen LogP contribution < -0.4 is 15.7 Å². The second-order valence-corrected chi connectivity index (χ2v) is 23.0. The molecule has 0 spiro atoms. The highest BCUT2D eigenvalue weighted by Crippen LogP contribution is 2.50. The SMILES string of the molecule is C[C@@H]1Cc2c(n(C(=O)O)c3ccc(F)cc23)[C@@](CC(F)(F)CO[Si](c2ccccc2)(c2ccccc2)C(C)(C)C)(c2c(F)cc(C(O)C3CN(C(=O)OC(C)(C)C)C3)cc2F)N1. The van der Waals surface area contributed by atoms with Gasteiger partial charge in [0.2, 0.25) is 0 Å². The van der Waals surface area contributed by atoms with Gasteiger partial charge in [-0.25, -0.2) is 36.1 Å². The van der Waals surface area contributed by atoms with Gasteiger partial charge in [0, 0.05) is 42.4 Å². The van der Waals surface area contributed by atoms with Crippen LogP contribution in [0.1, 0.15) is 83.4 Å². The molecule has 4 aromatic carbocycles. The zero-order chi connectivity index (χ0) is 45.2. The molecule has 3 N–H and O–H groups in total. The zero-order valence-corrected chi connectivity index (χ0v) is 36.7. The van der Waals surface area contributed by atoms with Crippen molar-refractivity contribution in [1.29, 1.82) is 0 Å². The van der Waals surface area contributed by atoms with E-state index in [9.17, 15) is 24.2 Å². The Morgan fingerprint density at radius 3 is 1.97 bits per heavy atom. The van der Waals surface area contributed by atoms with E-state index in [1.165, 1.54) is 11.0 Å². The van der Waals surface area contributed by atoms with Gasteiger partial charge in [0.25, 0.3) is 14.2 Å². The number of aliphatic hydroxyl groups is 1. The minimum atomic E-state index is -3.91. The van der Waals surface area contributed by atoms with Crippen LogP contribution in [0.3, 0.4) is 0 Å². The molecular formula is C47H52F5N3O6Si. The van der Waals surface area contributed by atoms with Crippen LogP contribution in [0.15, 0.2) is 91.0 Å². The van der Waals surface area contributed by atoms with Crippen molar-refractivity contribution < 1.29 is 50.9 Å². The molecule has 2 aliphatic heterocycles. The first-order valence-electron chi connectivity index (χ1n) is 20.6. The van der Waals surface area contributed by atoms with Crippen LogP contribution in [-0.4, -0.2) is 77.4 Å². The quantitative estimate of drug-likeness (QED) is 0.0950. The van der Waals surface area contributed by atoms with Gasteiger partial charge in [-0.3, -0.25) is 5.32 Å². The van der Waals surface area contributed by atoms with Gasteiger partial charge in [-0.15, -0.1) is 0 Å². The summed E-state index contributed by atoms with van der Waals surface area (Å²) in [7, 11) is -3.60. The average molecular weight is 878 g/mol. The fraction of sp³-hybridized carbons (Fsp3) is 0.404. The second kappa shape index (κ2) is 16.2. The molecule has 3 atom stereocenters. The summed E-state index contributed by atoms with van der Waals surface area (Å²) in [5.74, 6) is -7.92. The maximum absolute atomic E-state index is 17.5. The van der Waals surface area contributed by atoms with Gasteiger partial charge < -0.3 is 24.3 Å². The Bertz CT molecular complexity index is 2420. The predicted molar refractivity (Wildman–Crippen MR) is 228 cm³/mol. The van der Waals surface area contributed by atoms with Crippen LogP contribution >= 0.6 is 0 Å². The van der Waals surface area contributed by atoms with Crippen LogP contribution in [0.25, 0.3) is 10.9 Å². The monoisotopic (exact) mass is 877 g/mol. The van der Waals surface area contributed by atoms with Crippen molar-refractivity contribution in [2.75, 3.05) is 19.7 Å². The molecule has 3 heterocycles. The molecule has 0 aliphatic carbocycles. The van der Waals surface area contributed by atoms with Gasteiger partial charge in [0.15, 0.2) is 0 Å². The Labute approximate surface area is 358 Å². The van der Waals surface area contributed by atoms with Gasteiger partial charge in [0.05, 0.1) is 29.5 Å². The molecule has 330 valence electrons. The first kappa shape index (κ1) is 44.9. The standard InChI is InChI=1S/C47H52F5N3O6Si/c1-28-20-35-34-23-31(48)18-19-38(34)55(42(57)58)41(35)47(53-28,39-36(49)21-29(22-37(39)50)40(56)30-24-54(25-30)43(59)61-44(2,3)4)26-46(51,52)27-60-62(45(5,6)7,32-14-10-8-11-15-32)33-16-12-9-13-17-33/h8-19,21-23,28,30,40,53,56H,20,24-27H2,1-7H3,(H,57,58)/t28-,40?,47-/m1/s1. The van der Waals surface area contributed by atoms with Crippen molar-refractivity contribution >= 4 is 41.8 Å². The molecule has 62 heavy (non-hydrogen) atoms. The number of alkyl halides is 2. The number of halogens is 5. The van der Waals surface area contributed by atoms with Crippen LogP contribution in [0.2, 0.25) is 5.04 Å². The molecule has 9 nitrogen and oxygen atoms in total. The predicted octanol–water partition coefficient (Wildman–Crippen LogP) is 8.86. The number of aliphatic hydroxyl groups excluding tert-OH is 1. The van der Waals surface area contributed by atoms with Crippen molar-refractivity contribution in [2.24, 2.45) is 5.92 Å². The van der Waals surface area contributed by atoms with Crippen LogP contribution in [0, 0.1) is 23.4 Å². The molecule has 1 aromatic heterocycles. The van der Waals surface area contributed by atoms with E-state index in [-0.39, 0.29) is 47.2 Å². The van der Waals surface area contributed by atoms with Crippen molar-refractivity contribution in [3.8, 4) is 0 Å². The number of nitrogens with one attached hydrogen (secondary N) is 1. The van der Waals surface area contributed by atoms with Crippen molar-refractivity contribution in [2.45, 2.75) is 95.6 Å². The number of aromatic nitrogens is 1. The van der Waals surface area contributed by atoms with Crippen LogP contribution in [0.5, 0.6) is 0 Å². The van der Waals surface area contributed by atoms with E-state index in [4.69, 9.17) is 9.16 Å². The second-order valence-electron chi connectivity index (χ2n) is 18.7. The minimum absolute atomic E-state index is 0.0112. The number of hydrogen-bond donors (Lipinski definition) is 3. The summed E-state index contributed by atoms with van der Waals surface area (Å²) in [6, 6.07) is 22.4. The van der Waals surface area contributed by atoms with Crippen LogP contribution in [0.4, 0.5) is 31.5 Å². The van der Waals surface area contributed by atoms with Gasteiger partial charge in [-0.2, -0.15) is 0 Å². The first-order chi connectivity index (χ1) is 29.0. The lowest BCUT2D eigenvalue weighted by atomic mass is 9.74. The Morgan fingerprint density at radius 2 is 1.45 bits per heavy atom. The Balaban J connectivity index is 1.36. The topological polar surface area (TPSA) is 113 Å². The van der Waals surface area contributed by atoms with E-state index in [0.29, 0.717) is 4.57 Å². The number of carbonyl (C=O) groups excluding carboxylic acids is 1. The molecule has 1 unspecified atom stereocenters. The maximum Gasteiger partial charge on any atom is 0.416 e. The Kier molecular flexibility index (Phi) is 11.8. The van der Waals surface area contributed by atoms with E-state index in [2.05, 4.69) is 5.32 Å². The van der Waals surface area contributed by atoms with Crippen LogP contribution in [-0.2, 0) is 21.1 Å². The first-order valence-corrected chi connectivity index (χ1v) is 22.5. The highest BCUT2D eigenvalue weighted by Gasteiger charge is 2.57. The van der Waals surface area contributed by atoms with E-state index >= 15 is 17.6 Å². The number of carboxylic acid groups (broad SMARTS) is 1. The zero-order valence-electron chi connectivity index (χ0n) is 35.7. The number of rotatable bonds is 10. The molecule has 0 saturated carbocycles. The van der Waals surface area contributed by atoms with Crippen molar-refractivity contribution in [1.82, 2.24) is 14.8 Å². The molecule has 0 bridgehead atoms. The van der Waals surface area contributed by atoms with E-state index in [1.54, 1.807) is 52.0 Å². The number of likely N-dealkylation sites (tertiary alicyclic amines) is 1. The largest absolute Gasteiger partial charge is 0.464 e. The number of nitrogens with zero attached hydrogens (tertiary/aromatic N) is 2. The van der Waals surface area contributed by atoms with Gasteiger partial charge in [0.1, 0.15) is 23.1 Å². The third kappa shape index (κ3) is 8.15. The van der Waals surface area contributed by atoms with Gasteiger partial charge >= 0.3 is 12.2 Å². The smallest absolute Gasteiger partial charge is 0.416 e. The number of hydrogen-bond acceptors (Lipinski definition) is 6. The Hall–Kier alpha value is -5.09. The normalized spacial score (nSPS) is 19.2. The number of benzene rings is 4. The number of carbonyl (C=O) groups is 2. The minimum Gasteiger partial charge on any atom is -0.464 e. The fourth-order valence-corrected chi connectivity index (χ4v) is 14.1. The highest BCUT2D eigenvalue weighted by molar-refractivity contribution is 6.99. The van der Waals surface area contributed by atoms with Crippen molar-refractivity contribution in [3.05, 3.63) is 131 Å². The van der Waals surface area contributed by atoms with E-state index in [1.807, 2.05) is 57.2 Å². The van der Waals surface area contributed by atoms with Gasteiger partial charge in [-0.1, -0.05) is 81.4 Å². The summed E-state index contributed by atoms with van der Waals surface area (Å²) in [5, 5.41) is 25.9. The van der Waals surface area contributed by atoms with Crippen molar-refractivity contribution in [3.63, 3.8) is 0 Å². The lowest BCUT2D eigenvalue weighted by Crippen LogP contribution is -2.67. The summed E-state index contributed by atoms with van der Waals surface area (Å²) in [5.41, 5.74) is -4.78. The molecule has 1 fully saturated rings. The third-order valence-electron chi connectivity index (χ3n) is 11.9. The Morgan fingerprint density at radius 1 is 0.887 bits per heavy atom. The molecule has 2 aliphatic rings. The number of amides is 1. The van der Waals surface area contributed by atoms with E-state index < -0.39 is 96.7 Å². The number of fused-ring (bicyclic) bond motifs is 3. The summed E-state index contributed by atoms with van der Waals surface area (Å²) >= 11 is 0. The van der Waals surface area contributed by atoms with E-state index in [0.717, 1.165) is 34.6 Å². The molecular weight excluding hydrogens is 826 g/mol.